The lowest BCUT2D eigenvalue weighted by Crippen LogP contribution is -2.35. The number of hydrogen-bond donors (Lipinski definition) is 2. The van der Waals surface area contributed by atoms with E-state index in [0.717, 1.165) is 58.6 Å². The van der Waals surface area contributed by atoms with E-state index in [1.807, 2.05) is 24.3 Å². The average molecular weight is 567 g/mol. The van der Waals surface area contributed by atoms with Gasteiger partial charge in [0.25, 0.3) is 5.91 Å². The number of alkyl halides is 3. The van der Waals surface area contributed by atoms with Crippen LogP contribution < -0.4 is 5.32 Å². The number of nitrogens with zero attached hydrogens (tertiary/aromatic N) is 1. The van der Waals surface area contributed by atoms with E-state index in [1.54, 1.807) is 24.3 Å². The van der Waals surface area contributed by atoms with Crippen molar-refractivity contribution in [2.75, 3.05) is 0 Å². The summed E-state index contributed by atoms with van der Waals surface area (Å²) in [6.07, 6.45) is -1.77. The van der Waals surface area contributed by atoms with Crippen LogP contribution >= 0.6 is 0 Å². The van der Waals surface area contributed by atoms with Crippen LogP contribution in [0.3, 0.4) is 0 Å². The third kappa shape index (κ3) is 7.33. The maximum absolute atomic E-state index is 12.9. The average Bonchev–Trinajstić information content (AvgIpc) is 3.31. The lowest BCUT2D eigenvalue weighted by atomic mass is 10.1. The van der Waals surface area contributed by atoms with Gasteiger partial charge in [0, 0.05) is 42.6 Å². The molecular weight excluding hydrogens is 537 g/mol. The molecule has 2 N–H and O–H groups in total. The molecule has 4 aromatic rings. The van der Waals surface area contributed by atoms with Gasteiger partial charge in [-0.15, -0.1) is 0 Å². The highest BCUT2D eigenvalue weighted by atomic mass is 19.4. The highest BCUT2D eigenvalue weighted by molar-refractivity contribution is 6.31. The summed E-state index contributed by atoms with van der Waals surface area (Å²) in [7, 11) is 0. The number of aryl methyl sites for hydroxylation is 1. The molecule has 1 aromatic heterocycles. The fraction of sp³-hybridized carbons (Fsp3) is 0.258. The zero-order valence-electron chi connectivity index (χ0n) is 22.3. The Morgan fingerprint density at radius 2 is 1.51 bits per heavy atom. The minimum atomic E-state index is -4.51. The van der Waals surface area contributed by atoms with Crippen molar-refractivity contribution in [3.8, 4) is 0 Å². The zero-order valence-corrected chi connectivity index (χ0v) is 22.3. The van der Waals surface area contributed by atoms with Crippen molar-refractivity contribution in [3.05, 3.63) is 106 Å². The Labute approximate surface area is 234 Å². The van der Waals surface area contributed by atoms with Crippen molar-refractivity contribution in [3.63, 3.8) is 0 Å². The Kier molecular flexibility index (Phi) is 9.11. The van der Waals surface area contributed by atoms with Crippen LogP contribution in [0.4, 0.5) is 13.2 Å². The number of para-hydroxylation sites is 1. The van der Waals surface area contributed by atoms with Gasteiger partial charge in [-0.05, 0) is 47.9 Å². The molecule has 0 saturated carbocycles. The monoisotopic (exact) mass is 566 g/mol. The normalized spacial score (nSPS) is 11.4. The van der Waals surface area contributed by atoms with Crippen LogP contribution in [0.15, 0.2) is 77.2 Å². The molecule has 214 valence electrons. The van der Waals surface area contributed by atoms with Crippen LogP contribution in [-0.2, 0) is 41.8 Å². The Bertz CT molecular complexity index is 1530. The Hall–Kier alpha value is -4.60. The van der Waals surface area contributed by atoms with Crippen LogP contribution in [0, 0.1) is 0 Å². The first-order valence-electron chi connectivity index (χ1n) is 13.1. The van der Waals surface area contributed by atoms with E-state index < -0.39 is 23.6 Å². The molecule has 41 heavy (non-hydrogen) atoms. The van der Waals surface area contributed by atoms with E-state index in [4.69, 9.17) is 4.42 Å². The first kappa shape index (κ1) is 29.4. The number of carboxylic acid groups (broad SMARTS) is 1. The summed E-state index contributed by atoms with van der Waals surface area (Å²) in [5, 5.41) is 13.1. The Morgan fingerprint density at radius 3 is 2.10 bits per heavy atom. The largest absolute Gasteiger partial charge is 0.474 e. The second kappa shape index (κ2) is 12.7. The molecule has 0 aliphatic carbocycles. The van der Waals surface area contributed by atoms with Gasteiger partial charge in [0.2, 0.25) is 0 Å². The van der Waals surface area contributed by atoms with Crippen molar-refractivity contribution in [2.24, 2.45) is 0 Å². The number of benzene rings is 3. The number of furan rings is 1. The number of unbranched alkanes of at least 4 members (excludes halogenated alkanes) is 1. The third-order valence-corrected chi connectivity index (χ3v) is 6.68. The smallest absolute Gasteiger partial charge is 0.416 e. The van der Waals surface area contributed by atoms with Gasteiger partial charge in [0.1, 0.15) is 11.3 Å². The van der Waals surface area contributed by atoms with E-state index in [0.29, 0.717) is 16.7 Å². The quantitative estimate of drug-likeness (QED) is 0.218. The van der Waals surface area contributed by atoms with Gasteiger partial charge in [-0.1, -0.05) is 55.8 Å². The first-order valence-corrected chi connectivity index (χ1v) is 13.1. The lowest BCUT2D eigenvalue weighted by Gasteiger charge is -2.21. The van der Waals surface area contributed by atoms with Crippen LogP contribution in [0.5, 0.6) is 0 Å². The van der Waals surface area contributed by atoms with Crippen molar-refractivity contribution in [1.29, 1.82) is 0 Å². The number of rotatable bonds is 10. The molecule has 3 aromatic carbocycles. The van der Waals surface area contributed by atoms with E-state index in [-0.39, 0.29) is 25.5 Å². The molecule has 4 rings (SSSR count). The molecule has 0 spiro atoms. The van der Waals surface area contributed by atoms with Crippen molar-refractivity contribution in [2.45, 2.75) is 52.0 Å². The molecule has 0 fully saturated rings. The van der Waals surface area contributed by atoms with Crippen molar-refractivity contribution < 1.29 is 37.1 Å². The number of aliphatic carboxylic acids is 1. The van der Waals surface area contributed by atoms with Crippen molar-refractivity contribution in [1.82, 2.24) is 10.2 Å². The number of fused-ring (bicyclic) bond motifs is 1. The molecule has 0 aliphatic rings. The molecule has 0 radical (unpaired) electrons. The summed E-state index contributed by atoms with van der Waals surface area (Å²) in [4.78, 5) is 37.6. The lowest BCUT2D eigenvalue weighted by molar-refractivity contribution is -0.156. The number of hydrogen-bond acceptors (Lipinski definition) is 4. The van der Waals surface area contributed by atoms with Gasteiger partial charge in [-0.3, -0.25) is 9.59 Å². The fourth-order valence-corrected chi connectivity index (χ4v) is 4.49. The minimum Gasteiger partial charge on any atom is -0.474 e. The number of amides is 2. The highest BCUT2D eigenvalue weighted by Crippen LogP contribution is 2.29. The Morgan fingerprint density at radius 1 is 0.902 bits per heavy atom. The minimum absolute atomic E-state index is 0.115. The number of carboxylic acids is 1. The number of carbonyl (C=O) groups is 3. The molecule has 0 unspecified atom stereocenters. The molecule has 10 heteroatoms. The number of nitrogens with one attached hydrogen (secondary N) is 1. The molecule has 0 aliphatic heterocycles. The van der Waals surface area contributed by atoms with E-state index in [1.165, 1.54) is 12.1 Å². The molecule has 0 bridgehead atoms. The standard InChI is InChI=1S/C31H29F3N2O5/c1-2-3-7-27-25(24-6-4-5-8-26(24)41-27)17-35-28(37)22-13-9-20(10-14-22)18-36(29(38)30(39)40)19-21-11-15-23(16-12-21)31(32,33)34/h4-6,8-16H,2-3,7,17-19H2,1H3,(H,35,37)(H,39,40). The van der Waals surface area contributed by atoms with E-state index in [9.17, 15) is 32.7 Å². The van der Waals surface area contributed by atoms with Gasteiger partial charge >= 0.3 is 18.1 Å². The summed E-state index contributed by atoms with van der Waals surface area (Å²) < 4.78 is 44.6. The van der Waals surface area contributed by atoms with E-state index >= 15 is 0 Å². The maximum atomic E-state index is 12.9. The van der Waals surface area contributed by atoms with Crippen LogP contribution in [0.25, 0.3) is 11.0 Å². The van der Waals surface area contributed by atoms with Gasteiger partial charge < -0.3 is 19.7 Å². The number of halogens is 3. The van der Waals surface area contributed by atoms with Gasteiger partial charge in [0.05, 0.1) is 5.56 Å². The fourth-order valence-electron chi connectivity index (χ4n) is 4.49. The second-order valence-corrected chi connectivity index (χ2v) is 9.64. The predicted molar refractivity (Wildman–Crippen MR) is 146 cm³/mol. The molecule has 2 amide bonds. The van der Waals surface area contributed by atoms with Crippen LogP contribution in [0.1, 0.15) is 58.1 Å². The summed E-state index contributed by atoms with van der Waals surface area (Å²) in [5.41, 5.74) is 2.12. The SMILES string of the molecule is CCCCc1oc2ccccc2c1CNC(=O)c1ccc(CN(Cc2ccc(C(F)(F)F)cc2)C(=O)C(=O)O)cc1. The summed E-state index contributed by atoms with van der Waals surface area (Å²) >= 11 is 0. The number of carbonyl (C=O) groups excluding carboxylic acids is 2. The van der Waals surface area contributed by atoms with Crippen LogP contribution in [0.2, 0.25) is 0 Å². The molecule has 1 heterocycles. The van der Waals surface area contributed by atoms with Crippen LogP contribution in [-0.4, -0.2) is 27.8 Å². The zero-order chi connectivity index (χ0) is 29.6. The summed E-state index contributed by atoms with van der Waals surface area (Å²) in [6.45, 7) is 2.06. The summed E-state index contributed by atoms with van der Waals surface area (Å²) in [5.74, 6) is -2.35. The van der Waals surface area contributed by atoms with Gasteiger partial charge in [-0.25, -0.2) is 4.79 Å². The van der Waals surface area contributed by atoms with E-state index in [2.05, 4.69) is 12.2 Å². The molecule has 0 atom stereocenters. The second-order valence-electron chi connectivity index (χ2n) is 9.64. The molecule has 0 saturated heterocycles. The third-order valence-electron chi connectivity index (χ3n) is 6.68. The first-order chi connectivity index (χ1) is 19.6. The Balaban J connectivity index is 1.43. The van der Waals surface area contributed by atoms with Crippen molar-refractivity contribution >= 4 is 28.8 Å². The van der Waals surface area contributed by atoms with Gasteiger partial charge in [-0.2, -0.15) is 13.2 Å². The summed E-state index contributed by atoms with van der Waals surface area (Å²) in [6, 6.07) is 18.2. The predicted octanol–water partition coefficient (Wildman–Crippen LogP) is 6.34. The molecular formula is C31H29F3N2O5. The highest BCUT2D eigenvalue weighted by Gasteiger charge is 2.30. The van der Waals surface area contributed by atoms with Gasteiger partial charge in [0.15, 0.2) is 0 Å². The topological polar surface area (TPSA) is 99.9 Å². The maximum Gasteiger partial charge on any atom is 0.416 e. The molecule has 7 nitrogen and oxygen atoms in total.